The molecular weight excluding hydrogens is 210 g/mol. The monoisotopic (exact) mass is 225 g/mol. The Balaban J connectivity index is 2.64. The molecule has 0 aromatic carbocycles. The quantitative estimate of drug-likeness (QED) is 0.528. The van der Waals surface area contributed by atoms with Gasteiger partial charge in [-0.3, -0.25) is 9.59 Å². The zero-order valence-electron chi connectivity index (χ0n) is 9.19. The molecule has 15 heavy (non-hydrogen) atoms. The molecule has 82 valence electrons. The van der Waals surface area contributed by atoms with E-state index in [1.165, 1.54) is 4.90 Å². The predicted octanol–water partition coefficient (Wildman–Crippen LogP) is 1.54. The van der Waals surface area contributed by atoms with Crippen molar-refractivity contribution in [3.05, 3.63) is 23.1 Å². The van der Waals surface area contributed by atoms with E-state index in [4.69, 9.17) is 0 Å². The molecule has 1 rings (SSSR count). The molecule has 1 amide bonds. The van der Waals surface area contributed by atoms with Gasteiger partial charge in [-0.05, 0) is 17.7 Å². The molecule has 1 atom stereocenters. The van der Waals surface area contributed by atoms with Gasteiger partial charge >= 0.3 is 0 Å². The lowest BCUT2D eigenvalue weighted by Gasteiger charge is -2.10. The van der Waals surface area contributed by atoms with Crippen LogP contribution in [0.1, 0.15) is 13.3 Å². The highest BCUT2D eigenvalue weighted by Gasteiger charge is 2.13. The van der Waals surface area contributed by atoms with Crippen LogP contribution in [0, 0.1) is 0 Å². The van der Waals surface area contributed by atoms with E-state index in [9.17, 15) is 9.59 Å². The van der Waals surface area contributed by atoms with Crippen molar-refractivity contribution in [2.75, 3.05) is 14.1 Å². The average Bonchev–Trinajstić information content (AvgIpc) is 2.18. The van der Waals surface area contributed by atoms with Crippen LogP contribution < -0.4 is 0 Å². The molecule has 0 fully saturated rings. The lowest BCUT2D eigenvalue weighted by Crippen LogP contribution is -2.23. The van der Waals surface area contributed by atoms with Crippen LogP contribution in [0.15, 0.2) is 23.1 Å². The maximum Gasteiger partial charge on any atom is 0.230 e. The average molecular weight is 225 g/mol. The second kappa shape index (κ2) is 5.07. The van der Waals surface area contributed by atoms with Gasteiger partial charge in [-0.15, -0.1) is 0 Å². The highest BCUT2D eigenvalue weighted by Crippen LogP contribution is 2.22. The fourth-order valence-electron chi connectivity index (χ4n) is 0.979. The predicted molar refractivity (Wildman–Crippen MR) is 64.9 cm³/mol. The smallest absolute Gasteiger partial charge is 0.230 e. The first-order valence-electron chi connectivity index (χ1n) is 4.65. The van der Waals surface area contributed by atoms with Gasteiger partial charge in [0.2, 0.25) is 5.91 Å². The van der Waals surface area contributed by atoms with Gasteiger partial charge in [0.25, 0.3) is 0 Å². The fraction of sp³-hybridized carbons (Fsp3) is 0.364. The van der Waals surface area contributed by atoms with Gasteiger partial charge in [0.05, 0.1) is 6.42 Å². The van der Waals surface area contributed by atoms with Gasteiger partial charge in [-0.1, -0.05) is 28.2 Å². The van der Waals surface area contributed by atoms with Crippen LogP contribution in [0.5, 0.6) is 0 Å². The fourth-order valence-corrected chi connectivity index (χ4v) is 2.39. The molecule has 0 saturated carbocycles. The maximum absolute atomic E-state index is 11.7. The highest BCUT2D eigenvalue weighted by molar-refractivity contribution is 8.30. The Labute approximate surface area is 92.4 Å². The Hall–Kier alpha value is -1.16. The molecular formula is C11H15NO2S. The SMILES string of the molecule is CC1=CC=S(C(=O)CC(=O)N(C)C)C=C1. The van der Waals surface area contributed by atoms with E-state index in [1.54, 1.807) is 14.1 Å². The van der Waals surface area contributed by atoms with Crippen molar-refractivity contribution in [1.29, 1.82) is 0 Å². The van der Waals surface area contributed by atoms with E-state index in [-0.39, 0.29) is 17.4 Å². The number of amides is 1. The molecule has 1 unspecified atom stereocenters. The normalized spacial score (nSPS) is 19.1. The molecule has 0 N–H and O–H groups in total. The highest BCUT2D eigenvalue weighted by atomic mass is 32.2. The Morgan fingerprint density at radius 3 is 2.53 bits per heavy atom. The molecule has 0 aliphatic carbocycles. The van der Waals surface area contributed by atoms with Crippen molar-refractivity contribution < 1.29 is 9.59 Å². The van der Waals surface area contributed by atoms with E-state index < -0.39 is 10.5 Å². The van der Waals surface area contributed by atoms with Crippen LogP contribution in [-0.2, 0) is 9.59 Å². The molecule has 4 heteroatoms. The van der Waals surface area contributed by atoms with Gasteiger partial charge in [0, 0.05) is 14.1 Å². The van der Waals surface area contributed by atoms with Gasteiger partial charge < -0.3 is 4.90 Å². The third kappa shape index (κ3) is 3.47. The summed E-state index contributed by atoms with van der Waals surface area (Å²) in [6, 6.07) is 0. The Morgan fingerprint density at radius 2 is 2.07 bits per heavy atom. The number of allylic oxidation sites excluding steroid dienone is 3. The van der Waals surface area contributed by atoms with Crippen LogP contribution >= 0.6 is 10.5 Å². The first-order valence-corrected chi connectivity index (χ1v) is 6.00. The first-order chi connectivity index (χ1) is 7.00. The first kappa shape index (κ1) is 11.9. The van der Waals surface area contributed by atoms with Crippen LogP contribution in [0.4, 0.5) is 0 Å². The van der Waals surface area contributed by atoms with Gasteiger partial charge in [-0.25, -0.2) is 0 Å². The molecule has 0 saturated heterocycles. The molecule has 0 spiro atoms. The number of hydrogen-bond acceptors (Lipinski definition) is 2. The molecule has 3 nitrogen and oxygen atoms in total. The second-order valence-corrected chi connectivity index (χ2v) is 5.30. The van der Waals surface area contributed by atoms with Gasteiger partial charge in [0.1, 0.15) is 0 Å². The maximum atomic E-state index is 11.7. The van der Waals surface area contributed by atoms with Gasteiger partial charge in [-0.2, -0.15) is 0 Å². The van der Waals surface area contributed by atoms with Crippen LogP contribution in [0.25, 0.3) is 0 Å². The van der Waals surface area contributed by atoms with Crippen molar-refractivity contribution in [2.24, 2.45) is 0 Å². The van der Waals surface area contributed by atoms with Gasteiger partial charge in [0.15, 0.2) is 5.12 Å². The lowest BCUT2D eigenvalue weighted by atomic mass is 10.3. The van der Waals surface area contributed by atoms with E-state index in [1.807, 2.05) is 29.9 Å². The Bertz CT molecular complexity index is 378. The molecule has 1 aliphatic rings. The largest absolute Gasteiger partial charge is 0.348 e. The van der Waals surface area contributed by atoms with Crippen molar-refractivity contribution in [2.45, 2.75) is 13.3 Å². The summed E-state index contributed by atoms with van der Waals surface area (Å²) in [4.78, 5) is 24.4. The second-order valence-electron chi connectivity index (χ2n) is 3.56. The topological polar surface area (TPSA) is 37.4 Å². The zero-order chi connectivity index (χ0) is 11.4. The summed E-state index contributed by atoms with van der Waals surface area (Å²) in [5.74, 6) is -0.138. The lowest BCUT2D eigenvalue weighted by molar-refractivity contribution is -0.131. The van der Waals surface area contributed by atoms with E-state index >= 15 is 0 Å². The Morgan fingerprint density at radius 1 is 1.40 bits per heavy atom. The molecule has 0 bridgehead atoms. The molecule has 1 heterocycles. The summed E-state index contributed by atoms with van der Waals surface area (Å²) >= 11 is 0. The zero-order valence-corrected chi connectivity index (χ0v) is 10.0. The standard InChI is InChI=1S/C11H15NO2S/c1-9-4-6-15(7-5-9)11(14)8-10(13)12(2)3/h4-7H,8H2,1-3H3. The molecule has 1 aliphatic heterocycles. The minimum absolute atomic E-state index is 0.0101. The molecule has 0 radical (unpaired) electrons. The van der Waals surface area contributed by atoms with E-state index in [0.29, 0.717) is 0 Å². The van der Waals surface area contributed by atoms with E-state index in [2.05, 4.69) is 0 Å². The summed E-state index contributed by atoms with van der Waals surface area (Å²) in [5.41, 5.74) is 1.13. The number of carbonyl (C=O) groups excluding carboxylic acids is 2. The molecule has 0 aromatic rings. The van der Waals surface area contributed by atoms with Crippen LogP contribution in [-0.4, -0.2) is 35.4 Å². The molecule has 0 aromatic heterocycles. The third-order valence-electron chi connectivity index (χ3n) is 2.01. The van der Waals surface area contributed by atoms with Crippen molar-refractivity contribution in [1.82, 2.24) is 4.90 Å². The number of carbonyl (C=O) groups is 2. The summed E-state index contributed by atoms with van der Waals surface area (Å²) in [6.45, 7) is 1.98. The minimum Gasteiger partial charge on any atom is -0.348 e. The summed E-state index contributed by atoms with van der Waals surface area (Å²) < 4.78 is 0. The van der Waals surface area contributed by atoms with E-state index in [0.717, 1.165) is 5.57 Å². The number of hydrogen-bond donors (Lipinski definition) is 0. The van der Waals surface area contributed by atoms with Crippen LogP contribution in [0.3, 0.4) is 0 Å². The Kier molecular flexibility index (Phi) is 4.03. The minimum atomic E-state index is -0.516. The van der Waals surface area contributed by atoms with Crippen molar-refractivity contribution in [3.63, 3.8) is 0 Å². The van der Waals surface area contributed by atoms with Crippen molar-refractivity contribution in [3.8, 4) is 0 Å². The van der Waals surface area contributed by atoms with Crippen LogP contribution in [0.2, 0.25) is 0 Å². The summed E-state index contributed by atoms with van der Waals surface area (Å²) in [6.07, 6.45) is 3.83. The third-order valence-corrected chi connectivity index (χ3v) is 3.54. The summed E-state index contributed by atoms with van der Waals surface area (Å²) in [7, 11) is 2.80. The number of rotatable bonds is 2. The van der Waals surface area contributed by atoms with Crippen molar-refractivity contribution >= 4 is 26.9 Å². The summed E-state index contributed by atoms with van der Waals surface area (Å²) in [5, 5.41) is 3.70. The number of nitrogens with zero attached hydrogens (tertiary/aromatic N) is 1.